The van der Waals surface area contributed by atoms with Crippen molar-refractivity contribution in [3.63, 3.8) is 0 Å². The smallest absolute Gasteiger partial charge is 0.124 e. The molecule has 3 heteroatoms. The number of benzene rings is 2. The van der Waals surface area contributed by atoms with Crippen molar-refractivity contribution in [2.75, 3.05) is 0 Å². The monoisotopic (exact) mass is 394 g/mol. The highest BCUT2D eigenvalue weighted by Crippen LogP contribution is 2.53. The first-order valence-corrected chi connectivity index (χ1v) is 11.1. The first-order valence-electron chi connectivity index (χ1n) is 11.1. The van der Waals surface area contributed by atoms with Crippen LogP contribution < -0.4 is 4.74 Å². The molecule has 2 aromatic carbocycles. The minimum absolute atomic E-state index is 0.0517. The Morgan fingerprint density at radius 3 is 2.66 bits per heavy atom. The van der Waals surface area contributed by atoms with E-state index in [1.165, 1.54) is 5.56 Å². The molecule has 2 N–H and O–H groups in total. The number of aliphatic hydroxyl groups excluding tert-OH is 1. The summed E-state index contributed by atoms with van der Waals surface area (Å²) in [5, 5.41) is 21.6. The van der Waals surface area contributed by atoms with Crippen LogP contribution in [0.5, 0.6) is 11.5 Å². The number of rotatable bonds is 5. The van der Waals surface area contributed by atoms with Gasteiger partial charge in [0, 0.05) is 23.0 Å². The summed E-state index contributed by atoms with van der Waals surface area (Å²) in [6.07, 6.45) is 5.71. The molecule has 4 rings (SSSR count). The Kier molecular flexibility index (Phi) is 5.61. The Hall–Kier alpha value is -2.00. The Morgan fingerprint density at radius 2 is 1.90 bits per heavy atom. The first kappa shape index (κ1) is 20.3. The summed E-state index contributed by atoms with van der Waals surface area (Å²) < 4.78 is 6.43. The quantitative estimate of drug-likeness (QED) is 0.660. The van der Waals surface area contributed by atoms with Gasteiger partial charge in [0.25, 0.3) is 0 Å². The molecule has 2 aromatic rings. The summed E-state index contributed by atoms with van der Waals surface area (Å²) in [4.78, 5) is 0. The highest BCUT2D eigenvalue weighted by Gasteiger charge is 2.48. The fourth-order valence-corrected chi connectivity index (χ4v) is 5.49. The van der Waals surface area contributed by atoms with E-state index in [-0.39, 0.29) is 29.5 Å². The molecule has 2 aliphatic rings. The maximum absolute atomic E-state index is 10.8. The standard InChI is InChI=1S/C26H34O3/c1-17(9-7-12-18-10-5-4-6-11-18)19-16-24-20(15-23(19)28)25-21(26(2,3)29-24)13-8-14-22(25)27/h4-6,10-11,15-17,21-22,25,27-28H,7-9,12-14H2,1-3H3/t17?,21-,22?,25+/m1/s1. The van der Waals surface area contributed by atoms with Crippen LogP contribution in [0.3, 0.4) is 0 Å². The van der Waals surface area contributed by atoms with E-state index in [4.69, 9.17) is 4.74 Å². The highest BCUT2D eigenvalue weighted by atomic mass is 16.5. The lowest BCUT2D eigenvalue weighted by Gasteiger charge is -2.49. The summed E-state index contributed by atoms with van der Waals surface area (Å²) in [5.74, 6) is 1.78. The Morgan fingerprint density at radius 1 is 1.14 bits per heavy atom. The van der Waals surface area contributed by atoms with Crippen LogP contribution in [0, 0.1) is 5.92 Å². The number of aliphatic hydroxyl groups is 1. The number of fused-ring (bicyclic) bond motifs is 3. The van der Waals surface area contributed by atoms with Crippen LogP contribution in [0.2, 0.25) is 0 Å². The third kappa shape index (κ3) is 4.02. The number of phenolic OH excluding ortho intramolecular Hbond substituents is 1. The topological polar surface area (TPSA) is 49.7 Å². The summed E-state index contributed by atoms with van der Waals surface area (Å²) in [6.45, 7) is 6.46. The zero-order chi connectivity index (χ0) is 20.6. The predicted octanol–water partition coefficient (Wildman–Crippen LogP) is 5.93. The number of ether oxygens (including phenoxy) is 1. The first-order chi connectivity index (χ1) is 13.9. The maximum atomic E-state index is 10.8. The molecule has 2 unspecified atom stereocenters. The van der Waals surface area contributed by atoms with E-state index < -0.39 is 0 Å². The van der Waals surface area contributed by atoms with Gasteiger partial charge >= 0.3 is 0 Å². The Bertz CT molecular complexity index is 843. The molecule has 0 amide bonds. The fourth-order valence-electron chi connectivity index (χ4n) is 5.49. The molecular formula is C26H34O3. The van der Waals surface area contributed by atoms with Crippen molar-refractivity contribution in [1.82, 2.24) is 0 Å². The molecule has 4 atom stereocenters. The molecule has 1 saturated carbocycles. The zero-order valence-electron chi connectivity index (χ0n) is 17.9. The SMILES string of the molecule is CC(CCCc1ccccc1)c1cc2c(cc1O)[C@@H]1C(O)CCC[C@H]1C(C)(C)O2. The van der Waals surface area contributed by atoms with Crippen LogP contribution in [-0.2, 0) is 6.42 Å². The summed E-state index contributed by atoms with van der Waals surface area (Å²) in [5.41, 5.74) is 3.00. The molecule has 0 bridgehead atoms. The van der Waals surface area contributed by atoms with Gasteiger partial charge in [-0.2, -0.15) is 0 Å². The van der Waals surface area contributed by atoms with Crippen molar-refractivity contribution in [2.45, 2.75) is 82.8 Å². The molecule has 1 fully saturated rings. The average Bonchev–Trinajstić information content (AvgIpc) is 2.69. The van der Waals surface area contributed by atoms with Gasteiger partial charge in [0.15, 0.2) is 0 Å². The van der Waals surface area contributed by atoms with Crippen LogP contribution in [0.1, 0.15) is 81.4 Å². The van der Waals surface area contributed by atoms with Gasteiger partial charge in [-0.1, -0.05) is 43.7 Å². The van der Waals surface area contributed by atoms with Gasteiger partial charge in [-0.25, -0.2) is 0 Å². The number of hydrogen-bond acceptors (Lipinski definition) is 3. The largest absolute Gasteiger partial charge is 0.508 e. The number of hydrogen-bond donors (Lipinski definition) is 2. The summed E-state index contributed by atoms with van der Waals surface area (Å²) in [7, 11) is 0. The lowest BCUT2D eigenvalue weighted by molar-refractivity contribution is -0.0474. The zero-order valence-corrected chi connectivity index (χ0v) is 17.9. The van der Waals surface area contributed by atoms with Gasteiger partial charge in [0.2, 0.25) is 0 Å². The molecule has 0 spiro atoms. The normalized spacial score (nSPS) is 26.1. The lowest BCUT2D eigenvalue weighted by atomic mass is 9.65. The lowest BCUT2D eigenvalue weighted by Crippen LogP contribution is -2.49. The molecule has 156 valence electrons. The maximum Gasteiger partial charge on any atom is 0.124 e. The predicted molar refractivity (Wildman–Crippen MR) is 117 cm³/mol. The molecule has 3 nitrogen and oxygen atoms in total. The number of aryl methyl sites for hydroxylation is 1. The van der Waals surface area contributed by atoms with E-state index in [1.807, 2.05) is 18.2 Å². The molecular weight excluding hydrogens is 360 g/mol. The van der Waals surface area contributed by atoms with Crippen molar-refractivity contribution in [1.29, 1.82) is 0 Å². The van der Waals surface area contributed by atoms with E-state index in [1.54, 1.807) is 0 Å². The van der Waals surface area contributed by atoms with Gasteiger partial charge in [-0.05, 0) is 69.6 Å². The molecule has 1 aliphatic heterocycles. The van der Waals surface area contributed by atoms with Gasteiger partial charge < -0.3 is 14.9 Å². The Labute approximate surface area is 174 Å². The fraction of sp³-hybridized carbons (Fsp3) is 0.538. The van der Waals surface area contributed by atoms with Crippen LogP contribution in [0.4, 0.5) is 0 Å². The third-order valence-corrected chi connectivity index (χ3v) is 7.12. The van der Waals surface area contributed by atoms with E-state index in [9.17, 15) is 10.2 Å². The second-order valence-electron chi connectivity index (χ2n) is 9.56. The second-order valence-corrected chi connectivity index (χ2v) is 9.56. The Balaban J connectivity index is 1.54. The van der Waals surface area contributed by atoms with E-state index in [0.717, 1.165) is 55.4 Å². The van der Waals surface area contributed by atoms with Crippen molar-refractivity contribution in [3.05, 3.63) is 59.2 Å². The molecule has 1 heterocycles. The molecule has 1 aliphatic carbocycles. The highest BCUT2D eigenvalue weighted by molar-refractivity contribution is 5.51. The summed E-state index contributed by atoms with van der Waals surface area (Å²) in [6, 6.07) is 14.5. The van der Waals surface area contributed by atoms with Gasteiger partial charge in [0.05, 0.1) is 6.10 Å². The van der Waals surface area contributed by atoms with Crippen LogP contribution in [0.25, 0.3) is 0 Å². The van der Waals surface area contributed by atoms with Crippen molar-refractivity contribution >= 4 is 0 Å². The van der Waals surface area contributed by atoms with Crippen LogP contribution in [-0.4, -0.2) is 21.9 Å². The van der Waals surface area contributed by atoms with E-state index in [0.29, 0.717) is 5.75 Å². The van der Waals surface area contributed by atoms with Crippen LogP contribution >= 0.6 is 0 Å². The van der Waals surface area contributed by atoms with E-state index >= 15 is 0 Å². The summed E-state index contributed by atoms with van der Waals surface area (Å²) >= 11 is 0. The van der Waals surface area contributed by atoms with Crippen molar-refractivity contribution < 1.29 is 14.9 Å². The third-order valence-electron chi connectivity index (χ3n) is 7.12. The minimum atomic E-state index is -0.357. The van der Waals surface area contributed by atoms with Gasteiger partial charge in [-0.3, -0.25) is 0 Å². The van der Waals surface area contributed by atoms with Crippen LogP contribution in [0.15, 0.2) is 42.5 Å². The number of phenols is 1. The molecule has 0 saturated heterocycles. The number of aromatic hydroxyl groups is 1. The van der Waals surface area contributed by atoms with Gasteiger partial charge in [-0.15, -0.1) is 0 Å². The minimum Gasteiger partial charge on any atom is -0.508 e. The van der Waals surface area contributed by atoms with Gasteiger partial charge in [0.1, 0.15) is 17.1 Å². The molecule has 0 aromatic heterocycles. The molecule has 29 heavy (non-hydrogen) atoms. The average molecular weight is 395 g/mol. The van der Waals surface area contributed by atoms with Crippen molar-refractivity contribution in [3.8, 4) is 11.5 Å². The van der Waals surface area contributed by atoms with Crippen molar-refractivity contribution in [2.24, 2.45) is 5.92 Å². The van der Waals surface area contributed by atoms with E-state index in [2.05, 4.69) is 45.0 Å². The second kappa shape index (κ2) is 8.02. The molecule has 0 radical (unpaired) electrons.